The fraction of sp³-hybridized carbons (Fsp3) is 0.692. The normalized spacial score (nSPS) is 34.0. The molecule has 0 aromatic heterocycles. The number of amides is 1. The Morgan fingerprint density at radius 1 is 1.07 bits per heavy atom. The molecule has 3 heterocycles. The predicted molar refractivity (Wildman–Crippen MR) is 146 cm³/mol. The molecule has 4 rings (SSSR count). The van der Waals surface area contributed by atoms with E-state index in [0.29, 0.717) is 5.17 Å². The van der Waals surface area contributed by atoms with Gasteiger partial charge in [0.2, 0.25) is 11.6 Å². The largest absolute Gasteiger partial charge is 0.443 e. The number of thioether (sulfide) groups is 1. The maximum atomic E-state index is 13.0. The predicted octanol–water partition coefficient (Wildman–Crippen LogP) is 3.27. The lowest BCUT2D eigenvalue weighted by molar-refractivity contribution is -0.463. The molecule has 0 N–H and O–H groups in total. The fourth-order valence-electron chi connectivity index (χ4n) is 4.50. The molecule has 14 heteroatoms. The van der Waals surface area contributed by atoms with E-state index in [9.17, 15) is 13.2 Å². The summed E-state index contributed by atoms with van der Waals surface area (Å²) in [6.45, 7) is 10.2. The Labute approximate surface area is 239 Å². The van der Waals surface area contributed by atoms with Crippen molar-refractivity contribution in [3.05, 3.63) is 29.8 Å². The summed E-state index contributed by atoms with van der Waals surface area (Å²) in [5.74, 6) is -2.72. The zero-order valence-corrected chi connectivity index (χ0v) is 25.8. The van der Waals surface area contributed by atoms with E-state index in [1.807, 2.05) is 6.92 Å². The maximum Gasteiger partial charge on any atom is 0.416 e. The Morgan fingerprint density at radius 3 is 2.20 bits per heavy atom. The summed E-state index contributed by atoms with van der Waals surface area (Å²) in [5.41, 5.74) is -0.407. The van der Waals surface area contributed by atoms with Gasteiger partial charge in [-0.3, -0.25) is 14.1 Å². The Bertz CT molecular complexity index is 1230. The number of hydrogen-bond donors (Lipinski definition) is 0. The van der Waals surface area contributed by atoms with E-state index in [2.05, 4.69) is 0 Å². The van der Waals surface area contributed by atoms with Gasteiger partial charge in [0.1, 0.15) is 35.4 Å². The first-order chi connectivity index (χ1) is 18.5. The van der Waals surface area contributed by atoms with Gasteiger partial charge in [0.05, 0.1) is 11.5 Å². The van der Waals surface area contributed by atoms with Gasteiger partial charge in [0.25, 0.3) is 10.1 Å². The van der Waals surface area contributed by atoms with Gasteiger partial charge in [-0.05, 0) is 53.7 Å². The lowest BCUT2D eigenvalue weighted by Gasteiger charge is -2.56. The minimum Gasteiger partial charge on any atom is -0.443 e. The Balaban J connectivity index is 1.61. The molecule has 3 aliphatic heterocycles. The van der Waals surface area contributed by atoms with Crippen LogP contribution in [0.2, 0.25) is 0 Å². The number of nitrogens with zero attached hydrogens (tertiary/aromatic N) is 2. The number of hydrogen-bond acceptors (Lipinski definition) is 12. The first-order valence-corrected chi connectivity index (χ1v) is 15.1. The molecule has 12 nitrogen and oxygen atoms in total. The standard InChI is InChI=1S/C26H38N2O10S2/c1-15-10-12-16(13-11-15)40(30,31)34-14-17-19-20(37-26(6,33-9)25(5,32-8)36-19)18-21(35-17)39-22(27-18)28(7)23(29)38-24(2,3)4/h10-13,17-21H,14H2,1-9H3/t17-,18-,19-,20-,21-,25+,26+/m1/s1. The van der Waals surface area contributed by atoms with E-state index in [1.54, 1.807) is 53.8 Å². The number of aliphatic imine (C=N–C) groups is 1. The molecule has 1 aromatic rings. The lowest BCUT2D eigenvalue weighted by Crippen LogP contribution is -2.72. The lowest BCUT2D eigenvalue weighted by atomic mass is 9.93. The van der Waals surface area contributed by atoms with Crippen molar-refractivity contribution < 1.29 is 45.8 Å². The van der Waals surface area contributed by atoms with E-state index in [-0.39, 0.29) is 11.5 Å². The molecule has 40 heavy (non-hydrogen) atoms. The van der Waals surface area contributed by atoms with Crippen molar-refractivity contribution in [2.75, 3.05) is 27.9 Å². The molecule has 1 aromatic carbocycles. The average Bonchev–Trinajstić information content (AvgIpc) is 3.31. The number of ether oxygens (including phenoxy) is 6. The molecule has 0 unspecified atom stereocenters. The molecule has 7 atom stereocenters. The molecule has 0 spiro atoms. The van der Waals surface area contributed by atoms with Crippen LogP contribution < -0.4 is 0 Å². The maximum absolute atomic E-state index is 13.0. The first kappa shape index (κ1) is 31.2. The molecule has 2 fully saturated rings. The monoisotopic (exact) mass is 602 g/mol. The van der Waals surface area contributed by atoms with Gasteiger partial charge < -0.3 is 28.4 Å². The summed E-state index contributed by atoms with van der Waals surface area (Å²) in [6, 6.07) is 5.73. The van der Waals surface area contributed by atoms with Crippen molar-refractivity contribution >= 4 is 33.1 Å². The van der Waals surface area contributed by atoms with Gasteiger partial charge in [-0.1, -0.05) is 29.5 Å². The van der Waals surface area contributed by atoms with E-state index in [4.69, 9.17) is 37.6 Å². The van der Waals surface area contributed by atoms with Gasteiger partial charge in [0.15, 0.2) is 5.17 Å². The van der Waals surface area contributed by atoms with Gasteiger partial charge in [-0.25, -0.2) is 4.79 Å². The highest BCUT2D eigenvalue weighted by Crippen LogP contribution is 2.48. The number of rotatable bonds is 6. The minimum atomic E-state index is -4.09. The third kappa shape index (κ3) is 6.04. The molecule has 224 valence electrons. The van der Waals surface area contributed by atoms with E-state index in [1.165, 1.54) is 43.0 Å². The quantitative estimate of drug-likeness (QED) is 0.445. The van der Waals surface area contributed by atoms with Crippen molar-refractivity contribution in [2.45, 2.75) is 93.4 Å². The number of fused-ring (bicyclic) bond motifs is 3. The number of methoxy groups -OCH3 is 2. The number of carbonyl (C=O) groups excluding carboxylic acids is 1. The second-order valence-corrected chi connectivity index (χ2v) is 13.8. The first-order valence-electron chi connectivity index (χ1n) is 12.8. The highest BCUT2D eigenvalue weighted by molar-refractivity contribution is 8.14. The molecular weight excluding hydrogens is 564 g/mol. The Kier molecular flexibility index (Phi) is 8.67. The van der Waals surface area contributed by atoms with Crippen LogP contribution in [0.3, 0.4) is 0 Å². The topological polar surface area (TPSA) is 131 Å². The van der Waals surface area contributed by atoms with Crippen LogP contribution in [-0.2, 0) is 42.7 Å². The molecule has 0 radical (unpaired) electrons. The number of amidine groups is 1. The zero-order chi connectivity index (χ0) is 29.7. The molecule has 0 bridgehead atoms. The van der Waals surface area contributed by atoms with Crippen molar-refractivity contribution in [3.63, 3.8) is 0 Å². The van der Waals surface area contributed by atoms with Crippen LogP contribution >= 0.6 is 11.8 Å². The zero-order valence-electron chi connectivity index (χ0n) is 24.2. The Morgan fingerprint density at radius 2 is 1.65 bits per heavy atom. The summed E-state index contributed by atoms with van der Waals surface area (Å²) < 4.78 is 67.4. The van der Waals surface area contributed by atoms with E-state index < -0.39 is 63.2 Å². The van der Waals surface area contributed by atoms with Crippen LogP contribution in [0.25, 0.3) is 0 Å². The third-order valence-electron chi connectivity index (χ3n) is 7.07. The van der Waals surface area contributed by atoms with Crippen LogP contribution in [-0.4, -0.2) is 99.4 Å². The number of carbonyl (C=O) groups is 1. The van der Waals surface area contributed by atoms with Gasteiger partial charge in [0, 0.05) is 21.3 Å². The molecule has 2 saturated heterocycles. The average molecular weight is 603 g/mol. The summed E-state index contributed by atoms with van der Waals surface area (Å²) in [4.78, 5) is 18.8. The molecular formula is C26H38N2O10S2. The number of benzene rings is 1. The highest BCUT2D eigenvalue weighted by atomic mass is 32.2. The third-order valence-corrected chi connectivity index (χ3v) is 9.58. The molecule has 1 amide bonds. The van der Waals surface area contributed by atoms with Gasteiger partial charge >= 0.3 is 6.09 Å². The van der Waals surface area contributed by atoms with Gasteiger partial charge in [-0.15, -0.1) is 0 Å². The van der Waals surface area contributed by atoms with Crippen LogP contribution in [0.5, 0.6) is 0 Å². The highest BCUT2D eigenvalue weighted by Gasteiger charge is 2.63. The molecule has 0 aliphatic carbocycles. The fourth-order valence-corrected chi connectivity index (χ4v) is 6.60. The molecule has 3 aliphatic rings. The van der Waals surface area contributed by atoms with Crippen molar-refractivity contribution in [1.29, 1.82) is 0 Å². The van der Waals surface area contributed by atoms with Crippen molar-refractivity contribution in [2.24, 2.45) is 4.99 Å². The smallest absolute Gasteiger partial charge is 0.416 e. The van der Waals surface area contributed by atoms with Gasteiger partial charge in [-0.2, -0.15) is 8.42 Å². The summed E-state index contributed by atoms with van der Waals surface area (Å²) in [6.07, 6.45) is -3.07. The summed E-state index contributed by atoms with van der Waals surface area (Å²) in [7, 11) is 0.400. The van der Waals surface area contributed by atoms with Crippen LogP contribution in [0.1, 0.15) is 40.2 Å². The Hall–Kier alpha value is -1.78. The SMILES string of the molecule is CO[C@@]1(C)O[C@@H]2[C@H]3N=C(N(C)C(=O)OC(C)(C)C)S[C@H]3O[C@H](COS(=O)(=O)c3ccc(C)cc3)[C@H]2O[C@]1(C)OC. The van der Waals surface area contributed by atoms with E-state index in [0.717, 1.165) is 5.56 Å². The van der Waals surface area contributed by atoms with Crippen LogP contribution in [0.15, 0.2) is 34.2 Å². The second-order valence-electron chi connectivity index (χ2n) is 11.1. The second kappa shape index (κ2) is 11.1. The summed E-state index contributed by atoms with van der Waals surface area (Å²) in [5, 5.41) is 0.361. The summed E-state index contributed by atoms with van der Waals surface area (Å²) >= 11 is 1.20. The minimum absolute atomic E-state index is 0.0256. The molecule has 0 saturated carbocycles. The van der Waals surface area contributed by atoms with Crippen molar-refractivity contribution in [3.8, 4) is 0 Å². The number of aryl methyl sites for hydroxylation is 1. The van der Waals surface area contributed by atoms with Crippen LogP contribution in [0.4, 0.5) is 4.79 Å². The van der Waals surface area contributed by atoms with Crippen LogP contribution in [0, 0.1) is 6.92 Å². The van der Waals surface area contributed by atoms with Crippen molar-refractivity contribution in [1.82, 2.24) is 4.90 Å². The van der Waals surface area contributed by atoms with E-state index >= 15 is 0 Å².